The Morgan fingerprint density at radius 3 is 2.35 bits per heavy atom. The van der Waals surface area contributed by atoms with Gasteiger partial charge < -0.3 is 9.64 Å². The van der Waals surface area contributed by atoms with Gasteiger partial charge in [0.05, 0.1) is 18.8 Å². The molecule has 118 valence electrons. The largest absolute Gasteiger partial charge is 0.378 e. The van der Waals surface area contributed by atoms with Gasteiger partial charge in [-0.2, -0.15) is 0 Å². The maximum atomic E-state index is 13.9. The number of hydrogen-bond donors (Lipinski definition) is 0. The highest BCUT2D eigenvalue weighted by Crippen LogP contribution is 2.22. The number of nitrogens with zero attached hydrogens (tertiary/aromatic N) is 1. The number of ketones is 1. The Morgan fingerprint density at radius 2 is 1.65 bits per heavy atom. The lowest BCUT2D eigenvalue weighted by molar-refractivity contribution is 0.0637. The summed E-state index contributed by atoms with van der Waals surface area (Å²) in [6.07, 6.45) is 1.53. The van der Waals surface area contributed by atoms with Gasteiger partial charge in [0.15, 0.2) is 5.78 Å². The summed E-state index contributed by atoms with van der Waals surface area (Å²) in [6, 6.07) is 15.8. The van der Waals surface area contributed by atoms with Gasteiger partial charge in [0.25, 0.3) is 0 Å². The van der Waals surface area contributed by atoms with Crippen LogP contribution in [-0.2, 0) is 4.74 Å². The van der Waals surface area contributed by atoms with E-state index >= 15 is 0 Å². The maximum absolute atomic E-state index is 13.9. The molecule has 0 aromatic heterocycles. The molecular formula is C19H18FNO2. The molecule has 0 unspecified atom stereocenters. The van der Waals surface area contributed by atoms with Gasteiger partial charge >= 0.3 is 0 Å². The average Bonchev–Trinajstić information content (AvgIpc) is 2.61. The summed E-state index contributed by atoms with van der Waals surface area (Å²) in [4.78, 5) is 14.6. The number of hydrogen-bond acceptors (Lipinski definition) is 3. The van der Waals surface area contributed by atoms with E-state index in [1.165, 1.54) is 18.2 Å². The minimum Gasteiger partial charge on any atom is -0.378 e. The number of benzene rings is 2. The van der Waals surface area contributed by atoms with Crippen molar-refractivity contribution in [2.24, 2.45) is 0 Å². The quantitative estimate of drug-likeness (QED) is 0.640. The van der Waals surface area contributed by atoms with E-state index in [1.807, 2.05) is 30.3 Å². The third kappa shape index (κ3) is 3.66. The smallest absolute Gasteiger partial charge is 0.190 e. The molecule has 0 bridgehead atoms. The molecule has 1 saturated heterocycles. The van der Waals surface area contributed by atoms with Crippen molar-refractivity contribution in [1.29, 1.82) is 0 Å². The topological polar surface area (TPSA) is 29.5 Å². The Bertz CT molecular complexity index is 706. The van der Waals surface area contributed by atoms with E-state index in [0.717, 1.165) is 11.3 Å². The summed E-state index contributed by atoms with van der Waals surface area (Å²) in [7, 11) is 0. The minimum absolute atomic E-state index is 0.0918. The van der Waals surface area contributed by atoms with Gasteiger partial charge in [0.2, 0.25) is 0 Å². The van der Waals surface area contributed by atoms with Crippen LogP contribution < -0.4 is 0 Å². The van der Waals surface area contributed by atoms with E-state index in [4.69, 9.17) is 4.74 Å². The van der Waals surface area contributed by atoms with Crippen LogP contribution in [0.25, 0.3) is 5.70 Å². The highest BCUT2D eigenvalue weighted by Gasteiger charge is 2.18. The maximum Gasteiger partial charge on any atom is 0.190 e. The molecule has 4 heteroatoms. The summed E-state index contributed by atoms with van der Waals surface area (Å²) in [5.74, 6) is -0.823. The standard InChI is InChI=1S/C19H18FNO2/c20-17-9-5-4-8-16(17)19(22)14-18(15-6-2-1-3-7-15)21-10-12-23-13-11-21/h1-9,14H,10-13H2/b18-14-. The third-order valence-corrected chi connectivity index (χ3v) is 3.83. The van der Waals surface area contributed by atoms with Crippen molar-refractivity contribution >= 4 is 11.5 Å². The summed E-state index contributed by atoms with van der Waals surface area (Å²) in [5.41, 5.74) is 1.84. The second-order valence-corrected chi connectivity index (χ2v) is 5.34. The molecule has 1 fully saturated rings. The van der Waals surface area contributed by atoms with Crippen molar-refractivity contribution in [2.45, 2.75) is 0 Å². The molecule has 0 spiro atoms. The second kappa shape index (κ2) is 7.20. The van der Waals surface area contributed by atoms with E-state index in [9.17, 15) is 9.18 Å². The second-order valence-electron chi connectivity index (χ2n) is 5.34. The van der Waals surface area contributed by atoms with Crippen molar-refractivity contribution in [3.05, 3.63) is 77.6 Å². The van der Waals surface area contributed by atoms with Gasteiger partial charge in [-0.1, -0.05) is 42.5 Å². The van der Waals surface area contributed by atoms with Crippen molar-refractivity contribution in [1.82, 2.24) is 4.90 Å². The van der Waals surface area contributed by atoms with Gasteiger partial charge in [-0.05, 0) is 17.7 Å². The first kappa shape index (κ1) is 15.4. The number of halogens is 1. The van der Waals surface area contributed by atoms with Crippen LogP contribution in [0.2, 0.25) is 0 Å². The van der Waals surface area contributed by atoms with Gasteiger partial charge in [0, 0.05) is 24.9 Å². The molecule has 1 heterocycles. The summed E-state index contributed by atoms with van der Waals surface area (Å²) in [6.45, 7) is 2.67. The predicted molar refractivity (Wildman–Crippen MR) is 87.5 cm³/mol. The lowest BCUT2D eigenvalue weighted by atomic mass is 10.0. The Balaban J connectivity index is 1.97. The van der Waals surface area contributed by atoms with Crippen LogP contribution in [0.15, 0.2) is 60.7 Å². The van der Waals surface area contributed by atoms with Crippen LogP contribution in [0.3, 0.4) is 0 Å². The molecule has 3 rings (SSSR count). The molecule has 0 aliphatic carbocycles. The molecule has 0 atom stereocenters. The van der Waals surface area contributed by atoms with Crippen molar-refractivity contribution in [2.75, 3.05) is 26.3 Å². The molecule has 0 radical (unpaired) electrons. The Morgan fingerprint density at radius 1 is 1.00 bits per heavy atom. The van der Waals surface area contributed by atoms with Crippen LogP contribution >= 0.6 is 0 Å². The molecule has 0 saturated carbocycles. The molecule has 1 aliphatic rings. The van der Waals surface area contributed by atoms with Gasteiger partial charge in [-0.25, -0.2) is 4.39 Å². The van der Waals surface area contributed by atoms with E-state index in [2.05, 4.69) is 4.90 Å². The summed E-state index contributed by atoms with van der Waals surface area (Å²) in [5, 5.41) is 0. The average molecular weight is 311 g/mol. The van der Waals surface area contributed by atoms with Crippen molar-refractivity contribution in [3.63, 3.8) is 0 Å². The Labute approximate surface area is 135 Å². The lowest BCUT2D eigenvalue weighted by Gasteiger charge is -2.31. The first-order chi connectivity index (χ1) is 11.3. The third-order valence-electron chi connectivity index (χ3n) is 3.83. The number of ether oxygens (including phenoxy) is 1. The molecule has 1 aliphatic heterocycles. The summed E-state index contributed by atoms with van der Waals surface area (Å²) < 4.78 is 19.2. The normalized spacial score (nSPS) is 15.5. The first-order valence-corrected chi connectivity index (χ1v) is 7.64. The Hall–Kier alpha value is -2.46. The van der Waals surface area contributed by atoms with Gasteiger partial charge in [-0.15, -0.1) is 0 Å². The number of morpholine rings is 1. The van der Waals surface area contributed by atoms with E-state index in [1.54, 1.807) is 12.1 Å². The molecule has 0 N–H and O–H groups in total. The fourth-order valence-electron chi connectivity index (χ4n) is 2.63. The minimum atomic E-state index is -0.497. The zero-order valence-electron chi connectivity index (χ0n) is 12.7. The lowest BCUT2D eigenvalue weighted by Crippen LogP contribution is -2.35. The van der Waals surface area contributed by atoms with Crippen molar-refractivity contribution in [3.8, 4) is 0 Å². The highest BCUT2D eigenvalue weighted by molar-refractivity contribution is 6.08. The number of rotatable bonds is 4. The van der Waals surface area contributed by atoms with E-state index in [0.29, 0.717) is 26.3 Å². The van der Waals surface area contributed by atoms with Crippen LogP contribution in [0.1, 0.15) is 15.9 Å². The predicted octanol–water partition coefficient (Wildman–Crippen LogP) is 3.38. The Kier molecular flexibility index (Phi) is 4.83. The molecule has 3 nitrogen and oxygen atoms in total. The molecule has 23 heavy (non-hydrogen) atoms. The molecule has 2 aromatic carbocycles. The first-order valence-electron chi connectivity index (χ1n) is 7.64. The van der Waals surface area contributed by atoms with Crippen LogP contribution in [0.5, 0.6) is 0 Å². The zero-order valence-corrected chi connectivity index (χ0v) is 12.7. The van der Waals surface area contributed by atoms with Gasteiger partial charge in [0.1, 0.15) is 5.82 Å². The molecular weight excluding hydrogens is 293 g/mol. The fourth-order valence-corrected chi connectivity index (χ4v) is 2.63. The van der Waals surface area contributed by atoms with Crippen molar-refractivity contribution < 1.29 is 13.9 Å². The fraction of sp³-hybridized carbons (Fsp3) is 0.211. The monoisotopic (exact) mass is 311 g/mol. The summed E-state index contributed by atoms with van der Waals surface area (Å²) >= 11 is 0. The van der Waals surface area contributed by atoms with E-state index in [-0.39, 0.29) is 11.3 Å². The highest BCUT2D eigenvalue weighted by atomic mass is 19.1. The van der Waals surface area contributed by atoms with Crippen LogP contribution in [0.4, 0.5) is 4.39 Å². The zero-order chi connectivity index (χ0) is 16.1. The number of carbonyl (C=O) groups is 1. The van der Waals surface area contributed by atoms with E-state index < -0.39 is 5.82 Å². The number of allylic oxidation sites excluding steroid dienone is 1. The SMILES string of the molecule is O=C(/C=C(/c1ccccc1)N1CCOCC1)c1ccccc1F. The van der Waals surface area contributed by atoms with Crippen LogP contribution in [-0.4, -0.2) is 37.0 Å². The van der Waals surface area contributed by atoms with Crippen LogP contribution in [0, 0.1) is 5.82 Å². The molecule has 0 amide bonds. The van der Waals surface area contributed by atoms with Gasteiger partial charge in [-0.3, -0.25) is 4.79 Å². The molecule has 2 aromatic rings. The number of carbonyl (C=O) groups excluding carboxylic acids is 1.